The highest BCUT2D eigenvalue weighted by atomic mass is 35.5. The topological polar surface area (TPSA) is 13.1 Å². The summed E-state index contributed by atoms with van der Waals surface area (Å²) in [6.45, 7) is 0. The Morgan fingerprint density at radius 2 is 1.87 bits per heavy atom. The van der Waals surface area contributed by atoms with Gasteiger partial charge in [-0.3, -0.25) is 0 Å². The molecule has 0 N–H and O–H groups in total. The third-order valence-corrected chi connectivity index (χ3v) is 2.50. The Hall–Kier alpha value is -1.06. The average molecular weight is 249 g/mol. The second-order valence-electron chi connectivity index (χ2n) is 2.83. The van der Waals surface area contributed by atoms with Gasteiger partial charge in [-0.1, -0.05) is 23.2 Å². The molecule has 15 heavy (non-hydrogen) atoms. The monoisotopic (exact) mass is 248 g/mol. The van der Waals surface area contributed by atoms with Gasteiger partial charge in [0.2, 0.25) is 0 Å². The van der Waals surface area contributed by atoms with Crippen LogP contribution in [0.15, 0.2) is 28.9 Å². The van der Waals surface area contributed by atoms with Crippen LogP contribution in [0.2, 0.25) is 10.0 Å². The Labute approximate surface area is 94.2 Å². The fourth-order valence-corrected chi connectivity index (χ4v) is 1.64. The van der Waals surface area contributed by atoms with Gasteiger partial charge in [0.05, 0.1) is 16.8 Å². The van der Waals surface area contributed by atoms with Crippen molar-refractivity contribution in [2.24, 2.45) is 0 Å². The third-order valence-electron chi connectivity index (χ3n) is 1.89. The predicted molar refractivity (Wildman–Crippen MR) is 54.1 cm³/mol. The van der Waals surface area contributed by atoms with Crippen LogP contribution >= 0.6 is 23.2 Å². The van der Waals surface area contributed by atoms with Crippen molar-refractivity contribution in [1.82, 2.24) is 0 Å². The molecule has 1 heterocycles. The van der Waals surface area contributed by atoms with Crippen LogP contribution in [0.3, 0.4) is 0 Å². The van der Waals surface area contributed by atoms with Gasteiger partial charge in [0.25, 0.3) is 0 Å². The van der Waals surface area contributed by atoms with Gasteiger partial charge >= 0.3 is 0 Å². The molecule has 0 radical (unpaired) electrons. The lowest BCUT2D eigenvalue weighted by Gasteiger charge is -2.04. The lowest BCUT2D eigenvalue weighted by Crippen LogP contribution is -1.89. The molecule has 1 nitrogen and oxygen atoms in total. The Bertz CT molecular complexity index is 495. The van der Waals surface area contributed by atoms with Crippen LogP contribution < -0.4 is 0 Å². The van der Waals surface area contributed by atoms with Crippen molar-refractivity contribution in [2.75, 3.05) is 0 Å². The molecule has 1 aromatic carbocycles. The van der Waals surface area contributed by atoms with E-state index in [2.05, 4.69) is 0 Å². The standard InChI is InChI=1S/C10H4Cl2F2O/c11-6-4-5(7-2-1-3-15-7)9(13)8(12)10(6)14/h1-4H. The summed E-state index contributed by atoms with van der Waals surface area (Å²) in [5.74, 6) is -1.60. The zero-order valence-electron chi connectivity index (χ0n) is 7.23. The van der Waals surface area contributed by atoms with Crippen molar-refractivity contribution in [3.63, 3.8) is 0 Å². The Kier molecular flexibility index (Phi) is 2.67. The van der Waals surface area contributed by atoms with Gasteiger partial charge in [-0.15, -0.1) is 0 Å². The average Bonchev–Trinajstić information content (AvgIpc) is 2.73. The normalized spacial score (nSPS) is 10.7. The molecular formula is C10H4Cl2F2O. The molecule has 0 aliphatic carbocycles. The minimum Gasteiger partial charge on any atom is -0.464 e. The summed E-state index contributed by atoms with van der Waals surface area (Å²) < 4.78 is 31.6. The SMILES string of the molecule is Fc1c(Cl)cc(-c2ccco2)c(F)c1Cl. The highest BCUT2D eigenvalue weighted by Gasteiger charge is 2.18. The van der Waals surface area contributed by atoms with Crippen LogP contribution in [0.1, 0.15) is 0 Å². The fourth-order valence-electron chi connectivity index (χ4n) is 1.18. The van der Waals surface area contributed by atoms with Gasteiger partial charge in [-0.25, -0.2) is 8.78 Å². The van der Waals surface area contributed by atoms with Gasteiger partial charge < -0.3 is 4.42 Å². The number of benzene rings is 1. The van der Waals surface area contributed by atoms with E-state index >= 15 is 0 Å². The number of furan rings is 1. The summed E-state index contributed by atoms with van der Waals surface area (Å²) in [5.41, 5.74) is 0.0383. The molecule has 0 saturated carbocycles. The summed E-state index contributed by atoms with van der Waals surface area (Å²) in [6, 6.07) is 4.25. The minimum absolute atomic E-state index is 0.0383. The molecule has 0 unspecified atom stereocenters. The van der Waals surface area contributed by atoms with E-state index in [9.17, 15) is 8.78 Å². The number of hydrogen-bond acceptors (Lipinski definition) is 1. The van der Waals surface area contributed by atoms with E-state index in [4.69, 9.17) is 27.6 Å². The van der Waals surface area contributed by atoms with Gasteiger partial charge in [0.1, 0.15) is 10.8 Å². The molecule has 0 aliphatic rings. The van der Waals surface area contributed by atoms with Crippen molar-refractivity contribution < 1.29 is 13.2 Å². The largest absolute Gasteiger partial charge is 0.464 e. The van der Waals surface area contributed by atoms with E-state index in [1.165, 1.54) is 12.3 Å². The Balaban J connectivity index is 2.69. The molecule has 1 aromatic heterocycles. The van der Waals surface area contributed by atoms with Crippen molar-refractivity contribution in [2.45, 2.75) is 0 Å². The summed E-state index contributed by atoms with van der Waals surface area (Å²) in [5, 5.41) is -0.873. The van der Waals surface area contributed by atoms with Crippen molar-refractivity contribution in [1.29, 1.82) is 0 Å². The van der Waals surface area contributed by atoms with E-state index in [-0.39, 0.29) is 16.3 Å². The lowest BCUT2D eigenvalue weighted by molar-refractivity contribution is 0.560. The molecular weight excluding hydrogens is 245 g/mol. The highest BCUT2D eigenvalue weighted by molar-refractivity contribution is 6.35. The molecule has 0 fully saturated rings. The second-order valence-corrected chi connectivity index (χ2v) is 3.61. The zero-order valence-corrected chi connectivity index (χ0v) is 8.74. The molecule has 0 spiro atoms. The van der Waals surface area contributed by atoms with Crippen molar-refractivity contribution >= 4 is 23.2 Å². The van der Waals surface area contributed by atoms with E-state index in [1.807, 2.05) is 0 Å². The molecule has 0 aliphatic heterocycles. The van der Waals surface area contributed by atoms with Gasteiger partial charge in [-0.05, 0) is 18.2 Å². The van der Waals surface area contributed by atoms with Crippen LogP contribution in [0, 0.1) is 11.6 Å². The van der Waals surface area contributed by atoms with E-state index in [1.54, 1.807) is 6.07 Å². The molecule has 0 saturated heterocycles. The molecule has 2 aromatic rings. The quantitative estimate of drug-likeness (QED) is 0.534. The maximum Gasteiger partial charge on any atom is 0.163 e. The summed E-state index contributed by atoms with van der Waals surface area (Å²) in [7, 11) is 0. The van der Waals surface area contributed by atoms with Crippen LogP contribution in [-0.4, -0.2) is 0 Å². The predicted octanol–water partition coefficient (Wildman–Crippen LogP) is 4.53. The first-order valence-corrected chi connectivity index (χ1v) is 4.73. The first kappa shape index (κ1) is 10.5. The minimum atomic E-state index is -0.967. The first-order valence-electron chi connectivity index (χ1n) is 3.98. The van der Waals surface area contributed by atoms with E-state index in [0.29, 0.717) is 0 Å². The zero-order chi connectivity index (χ0) is 11.0. The molecule has 0 bridgehead atoms. The smallest absolute Gasteiger partial charge is 0.163 e. The number of rotatable bonds is 1. The number of hydrogen-bond donors (Lipinski definition) is 0. The fraction of sp³-hybridized carbons (Fsp3) is 0. The third kappa shape index (κ3) is 1.73. The summed E-state index contributed by atoms with van der Waals surface area (Å²) >= 11 is 11.0. The van der Waals surface area contributed by atoms with Gasteiger partial charge in [-0.2, -0.15) is 0 Å². The van der Waals surface area contributed by atoms with E-state index < -0.39 is 16.7 Å². The molecule has 0 atom stereocenters. The molecule has 5 heteroatoms. The maximum atomic E-state index is 13.5. The first-order chi connectivity index (χ1) is 7.11. The van der Waals surface area contributed by atoms with Gasteiger partial charge in [0, 0.05) is 0 Å². The lowest BCUT2D eigenvalue weighted by atomic mass is 10.1. The number of halogens is 4. The van der Waals surface area contributed by atoms with Crippen LogP contribution in [0.4, 0.5) is 8.78 Å². The Morgan fingerprint density at radius 1 is 1.13 bits per heavy atom. The van der Waals surface area contributed by atoms with Crippen molar-refractivity contribution in [3.05, 3.63) is 46.1 Å². The van der Waals surface area contributed by atoms with Crippen LogP contribution in [0.25, 0.3) is 11.3 Å². The summed E-state index contributed by atoms with van der Waals surface area (Å²) in [6.07, 6.45) is 1.37. The van der Waals surface area contributed by atoms with Crippen LogP contribution in [-0.2, 0) is 0 Å². The second kappa shape index (κ2) is 3.83. The van der Waals surface area contributed by atoms with Gasteiger partial charge in [0.15, 0.2) is 11.6 Å². The molecule has 2 rings (SSSR count). The van der Waals surface area contributed by atoms with E-state index in [0.717, 1.165) is 6.07 Å². The highest BCUT2D eigenvalue weighted by Crippen LogP contribution is 2.34. The van der Waals surface area contributed by atoms with Crippen LogP contribution in [0.5, 0.6) is 0 Å². The molecule has 0 amide bonds. The Morgan fingerprint density at radius 3 is 2.47 bits per heavy atom. The maximum absolute atomic E-state index is 13.5. The molecule has 78 valence electrons. The van der Waals surface area contributed by atoms with Crippen molar-refractivity contribution in [3.8, 4) is 11.3 Å². The summed E-state index contributed by atoms with van der Waals surface area (Å²) in [4.78, 5) is 0.